The molecule has 0 spiro atoms. The molecule has 2 heterocycles. The summed E-state index contributed by atoms with van der Waals surface area (Å²) in [6, 6.07) is 4.11. The van der Waals surface area contributed by atoms with E-state index in [0.29, 0.717) is 12.6 Å². The normalized spacial score (nSPS) is 15.5. The van der Waals surface area contributed by atoms with Crippen molar-refractivity contribution in [2.75, 3.05) is 0 Å². The van der Waals surface area contributed by atoms with Crippen LogP contribution in [-0.4, -0.2) is 22.0 Å². The summed E-state index contributed by atoms with van der Waals surface area (Å²) in [6.07, 6.45) is 9.44. The fraction of sp³-hybridized carbons (Fsp3) is 0.438. The molecule has 1 fully saturated rings. The minimum absolute atomic E-state index is 0.0946. The molecule has 0 aromatic carbocycles. The van der Waals surface area contributed by atoms with Crippen LogP contribution >= 0.6 is 11.3 Å². The summed E-state index contributed by atoms with van der Waals surface area (Å²) in [6.45, 7) is 0.454. The number of carbonyl (C=O) groups is 1. The summed E-state index contributed by atoms with van der Waals surface area (Å²) in [4.78, 5) is 20.5. The third kappa shape index (κ3) is 4.04. The van der Waals surface area contributed by atoms with Crippen LogP contribution in [0.2, 0.25) is 0 Å². The number of urea groups is 1. The largest absolute Gasteiger partial charge is 0.335 e. The average Bonchev–Trinajstić information content (AvgIpc) is 3.04. The molecule has 2 amide bonds. The number of pyridine rings is 1. The lowest BCUT2D eigenvalue weighted by atomic mass is 9.96. The zero-order chi connectivity index (χ0) is 15.2. The molecule has 3 rings (SSSR count). The Morgan fingerprint density at radius 3 is 2.95 bits per heavy atom. The van der Waals surface area contributed by atoms with E-state index in [2.05, 4.69) is 20.6 Å². The molecule has 6 heteroatoms. The van der Waals surface area contributed by atoms with Gasteiger partial charge in [-0.05, 0) is 25.0 Å². The molecule has 0 radical (unpaired) electrons. The van der Waals surface area contributed by atoms with Crippen LogP contribution in [0.5, 0.6) is 0 Å². The van der Waals surface area contributed by atoms with Crippen LogP contribution < -0.4 is 10.6 Å². The van der Waals surface area contributed by atoms with E-state index in [4.69, 9.17) is 0 Å². The van der Waals surface area contributed by atoms with E-state index in [9.17, 15) is 4.79 Å². The number of thiazole rings is 1. The maximum Gasteiger partial charge on any atom is 0.315 e. The first-order valence-corrected chi connectivity index (χ1v) is 8.58. The minimum atomic E-state index is -0.0946. The SMILES string of the molecule is O=C(NCc1csc(-c2cccnc2)n1)NC1CCCCC1. The van der Waals surface area contributed by atoms with E-state index >= 15 is 0 Å². The van der Waals surface area contributed by atoms with Crippen molar-refractivity contribution in [3.63, 3.8) is 0 Å². The Kier molecular flexibility index (Phi) is 5.00. The summed E-state index contributed by atoms with van der Waals surface area (Å²) >= 11 is 1.57. The van der Waals surface area contributed by atoms with Crippen LogP contribution in [0.3, 0.4) is 0 Å². The number of rotatable bonds is 4. The van der Waals surface area contributed by atoms with Gasteiger partial charge in [0.15, 0.2) is 0 Å². The van der Waals surface area contributed by atoms with Crippen LogP contribution in [-0.2, 0) is 6.54 Å². The highest BCUT2D eigenvalue weighted by atomic mass is 32.1. The predicted octanol–water partition coefficient (Wildman–Crippen LogP) is 3.34. The van der Waals surface area contributed by atoms with E-state index in [0.717, 1.165) is 29.1 Å². The molecule has 1 saturated carbocycles. The maximum atomic E-state index is 11.9. The molecule has 2 aromatic heterocycles. The second kappa shape index (κ2) is 7.35. The Labute approximate surface area is 134 Å². The van der Waals surface area contributed by atoms with E-state index in [1.165, 1.54) is 19.3 Å². The van der Waals surface area contributed by atoms with Crippen molar-refractivity contribution in [3.8, 4) is 10.6 Å². The second-order valence-corrected chi connectivity index (χ2v) is 6.41. The molecule has 2 N–H and O–H groups in total. The van der Waals surface area contributed by atoms with Gasteiger partial charge in [0.05, 0.1) is 12.2 Å². The van der Waals surface area contributed by atoms with Crippen molar-refractivity contribution < 1.29 is 4.79 Å². The highest BCUT2D eigenvalue weighted by Gasteiger charge is 2.15. The van der Waals surface area contributed by atoms with Crippen LogP contribution in [0.25, 0.3) is 10.6 Å². The summed E-state index contributed by atoms with van der Waals surface area (Å²) in [5.41, 5.74) is 1.88. The Hall–Kier alpha value is -1.95. The molecule has 116 valence electrons. The van der Waals surface area contributed by atoms with Crippen molar-refractivity contribution >= 4 is 17.4 Å². The lowest BCUT2D eigenvalue weighted by Crippen LogP contribution is -2.42. The Morgan fingerprint density at radius 2 is 2.18 bits per heavy atom. The molecule has 1 aliphatic rings. The number of hydrogen-bond acceptors (Lipinski definition) is 4. The smallest absolute Gasteiger partial charge is 0.315 e. The number of carbonyl (C=O) groups excluding carboxylic acids is 1. The summed E-state index contributed by atoms with van der Waals surface area (Å²) in [5, 5.41) is 8.84. The van der Waals surface area contributed by atoms with Gasteiger partial charge >= 0.3 is 6.03 Å². The van der Waals surface area contributed by atoms with Crippen molar-refractivity contribution in [1.82, 2.24) is 20.6 Å². The second-order valence-electron chi connectivity index (χ2n) is 5.55. The standard InChI is InChI=1S/C16H20N4OS/c21-16(20-13-6-2-1-3-7-13)18-10-14-11-22-15(19-14)12-5-4-8-17-9-12/h4-5,8-9,11,13H,1-3,6-7,10H2,(H2,18,20,21). The van der Waals surface area contributed by atoms with E-state index in [1.54, 1.807) is 23.7 Å². The number of nitrogens with one attached hydrogen (secondary N) is 2. The zero-order valence-electron chi connectivity index (χ0n) is 12.4. The molecule has 2 aromatic rings. The van der Waals surface area contributed by atoms with Crippen LogP contribution in [0.4, 0.5) is 4.79 Å². The van der Waals surface area contributed by atoms with Crippen LogP contribution in [0.1, 0.15) is 37.8 Å². The molecule has 0 unspecified atom stereocenters. The monoisotopic (exact) mass is 316 g/mol. The lowest BCUT2D eigenvalue weighted by Gasteiger charge is -2.22. The fourth-order valence-electron chi connectivity index (χ4n) is 2.66. The topological polar surface area (TPSA) is 66.9 Å². The van der Waals surface area contributed by atoms with Gasteiger partial charge in [0, 0.05) is 29.4 Å². The number of nitrogens with zero attached hydrogens (tertiary/aromatic N) is 2. The average molecular weight is 316 g/mol. The third-order valence-corrected chi connectivity index (χ3v) is 4.77. The highest BCUT2D eigenvalue weighted by Crippen LogP contribution is 2.22. The van der Waals surface area contributed by atoms with Crippen LogP contribution in [0.15, 0.2) is 29.9 Å². The van der Waals surface area contributed by atoms with Gasteiger partial charge in [-0.25, -0.2) is 9.78 Å². The highest BCUT2D eigenvalue weighted by molar-refractivity contribution is 7.13. The van der Waals surface area contributed by atoms with Gasteiger partial charge in [0.2, 0.25) is 0 Å². The Balaban J connectivity index is 1.49. The molecule has 22 heavy (non-hydrogen) atoms. The van der Waals surface area contributed by atoms with Gasteiger partial charge in [-0.15, -0.1) is 11.3 Å². The van der Waals surface area contributed by atoms with E-state index in [-0.39, 0.29) is 6.03 Å². The fourth-order valence-corrected chi connectivity index (χ4v) is 3.47. The summed E-state index contributed by atoms with van der Waals surface area (Å²) in [7, 11) is 0. The van der Waals surface area contributed by atoms with Crippen molar-refractivity contribution in [1.29, 1.82) is 0 Å². The molecule has 0 bridgehead atoms. The van der Waals surface area contributed by atoms with Gasteiger partial charge in [-0.3, -0.25) is 4.98 Å². The van der Waals surface area contributed by atoms with Gasteiger partial charge in [-0.1, -0.05) is 19.3 Å². The molecule has 0 saturated heterocycles. The predicted molar refractivity (Wildman–Crippen MR) is 87.6 cm³/mol. The third-order valence-electron chi connectivity index (χ3n) is 3.83. The van der Waals surface area contributed by atoms with Gasteiger partial charge in [0.1, 0.15) is 5.01 Å². The Bertz CT molecular complexity index is 608. The first-order valence-electron chi connectivity index (χ1n) is 7.70. The quantitative estimate of drug-likeness (QED) is 0.909. The van der Waals surface area contributed by atoms with Crippen molar-refractivity contribution in [2.45, 2.75) is 44.7 Å². The first kappa shape index (κ1) is 15.0. The maximum absolute atomic E-state index is 11.9. The molecule has 0 atom stereocenters. The van der Waals surface area contributed by atoms with Crippen molar-refractivity contribution in [2.24, 2.45) is 0 Å². The number of amides is 2. The van der Waals surface area contributed by atoms with Gasteiger partial charge in [0.25, 0.3) is 0 Å². The minimum Gasteiger partial charge on any atom is -0.335 e. The summed E-state index contributed by atoms with van der Waals surface area (Å²) < 4.78 is 0. The van der Waals surface area contributed by atoms with Gasteiger partial charge in [-0.2, -0.15) is 0 Å². The molecule has 0 aliphatic heterocycles. The number of aromatic nitrogens is 2. The van der Waals surface area contributed by atoms with Gasteiger partial charge < -0.3 is 10.6 Å². The molecular weight excluding hydrogens is 296 g/mol. The van der Waals surface area contributed by atoms with E-state index in [1.807, 2.05) is 17.5 Å². The summed E-state index contributed by atoms with van der Waals surface area (Å²) in [5.74, 6) is 0. The molecule has 1 aliphatic carbocycles. The lowest BCUT2D eigenvalue weighted by molar-refractivity contribution is 0.232. The zero-order valence-corrected chi connectivity index (χ0v) is 13.2. The Morgan fingerprint density at radius 1 is 1.32 bits per heavy atom. The van der Waals surface area contributed by atoms with E-state index < -0.39 is 0 Å². The first-order chi connectivity index (χ1) is 10.8. The molecule has 5 nitrogen and oxygen atoms in total. The van der Waals surface area contributed by atoms with Crippen LogP contribution in [0, 0.1) is 0 Å². The number of hydrogen-bond donors (Lipinski definition) is 2. The van der Waals surface area contributed by atoms with Crippen molar-refractivity contribution in [3.05, 3.63) is 35.6 Å². The molecular formula is C16H20N4OS.